The Balaban J connectivity index is 1.86. The van der Waals surface area contributed by atoms with Crippen LogP contribution in [0.2, 0.25) is 0 Å². The van der Waals surface area contributed by atoms with E-state index in [9.17, 15) is 0 Å². The van der Waals surface area contributed by atoms with E-state index in [0.717, 1.165) is 23.7 Å². The van der Waals surface area contributed by atoms with Crippen LogP contribution in [-0.4, -0.2) is 9.78 Å². The van der Waals surface area contributed by atoms with Gasteiger partial charge in [0.15, 0.2) is 0 Å². The fourth-order valence-electron chi connectivity index (χ4n) is 2.01. The summed E-state index contributed by atoms with van der Waals surface area (Å²) in [5.41, 5.74) is 1.39. The highest BCUT2D eigenvalue weighted by Crippen LogP contribution is 2.18. The zero-order valence-corrected chi connectivity index (χ0v) is 11.9. The molecule has 0 N–H and O–H groups in total. The smallest absolute Gasteiger partial charge is 0.0697 e. The molecule has 0 aliphatic rings. The van der Waals surface area contributed by atoms with Crippen molar-refractivity contribution < 1.29 is 0 Å². The first-order valence-corrected chi connectivity index (χ1v) is 6.95. The number of rotatable bonds is 6. The van der Waals surface area contributed by atoms with E-state index in [-0.39, 0.29) is 6.04 Å². The lowest BCUT2D eigenvalue weighted by atomic mass is 10.0. The van der Waals surface area contributed by atoms with E-state index in [1.54, 1.807) is 0 Å². The Morgan fingerprint density at radius 3 is 2.72 bits per heavy atom. The van der Waals surface area contributed by atoms with Crippen LogP contribution in [0.3, 0.4) is 0 Å². The van der Waals surface area contributed by atoms with Crippen molar-refractivity contribution in [1.29, 1.82) is 0 Å². The molecule has 18 heavy (non-hydrogen) atoms. The molecule has 2 aromatic rings. The van der Waals surface area contributed by atoms with Gasteiger partial charge in [0.05, 0.1) is 16.7 Å². The van der Waals surface area contributed by atoms with Gasteiger partial charge in [-0.2, -0.15) is 5.10 Å². The van der Waals surface area contributed by atoms with Crippen molar-refractivity contribution >= 4 is 15.9 Å². The van der Waals surface area contributed by atoms with Crippen molar-refractivity contribution in [2.45, 2.75) is 25.3 Å². The van der Waals surface area contributed by atoms with Crippen molar-refractivity contribution in [1.82, 2.24) is 9.78 Å². The molecule has 0 aliphatic carbocycles. The molecule has 94 valence electrons. The molecule has 0 saturated carbocycles. The summed E-state index contributed by atoms with van der Waals surface area (Å²) in [6.45, 7) is 3.90. The first-order valence-electron chi connectivity index (χ1n) is 6.15. The lowest BCUT2D eigenvalue weighted by Gasteiger charge is -2.12. The number of benzene rings is 1. The monoisotopic (exact) mass is 304 g/mol. The second-order valence-corrected chi connectivity index (χ2v) is 5.24. The zero-order chi connectivity index (χ0) is 12.8. The molecular formula is C15H17BrN2. The molecule has 1 unspecified atom stereocenters. The number of halogens is 1. The van der Waals surface area contributed by atoms with Crippen LogP contribution in [0.5, 0.6) is 0 Å². The summed E-state index contributed by atoms with van der Waals surface area (Å²) in [6.07, 6.45) is 9.07. The van der Waals surface area contributed by atoms with E-state index in [2.05, 4.69) is 57.9 Å². The van der Waals surface area contributed by atoms with Gasteiger partial charge >= 0.3 is 0 Å². The van der Waals surface area contributed by atoms with Crippen LogP contribution in [0.4, 0.5) is 0 Å². The fraction of sp³-hybridized carbons (Fsp3) is 0.267. The molecule has 0 fully saturated rings. The Hall–Kier alpha value is -1.35. The molecule has 1 aromatic heterocycles. The Morgan fingerprint density at radius 1 is 1.33 bits per heavy atom. The average Bonchev–Trinajstić information content (AvgIpc) is 2.82. The molecule has 0 saturated heterocycles. The molecule has 0 bridgehead atoms. The van der Waals surface area contributed by atoms with E-state index in [1.165, 1.54) is 5.56 Å². The SMILES string of the molecule is C=CC(CCCc1ccccc1)n1cc(Br)cn1. The Kier molecular flexibility index (Phi) is 4.76. The van der Waals surface area contributed by atoms with Crippen molar-refractivity contribution in [3.8, 4) is 0 Å². The maximum absolute atomic E-state index is 4.31. The number of nitrogens with zero attached hydrogens (tertiary/aromatic N) is 2. The number of aryl methyl sites for hydroxylation is 1. The lowest BCUT2D eigenvalue weighted by Crippen LogP contribution is -2.07. The van der Waals surface area contributed by atoms with Gasteiger partial charge in [-0.25, -0.2) is 0 Å². The maximum Gasteiger partial charge on any atom is 0.0697 e. The topological polar surface area (TPSA) is 17.8 Å². The predicted molar refractivity (Wildman–Crippen MR) is 78.5 cm³/mol. The molecule has 1 atom stereocenters. The van der Waals surface area contributed by atoms with Crippen LogP contribution in [-0.2, 0) is 6.42 Å². The van der Waals surface area contributed by atoms with Gasteiger partial charge in [0.2, 0.25) is 0 Å². The third-order valence-electron chi connectivity index (χ3n) is 2.99. The maximum atomic E-state index is 4.31. The highest BCUT2D eigenvalue weighted by Gasteiger charge is 2.07. The highest BCUT2D eigenvalue weighted by molar-refractivity contribution is 9.10. The van der Waals surface area contributed by atoms with Gasteiger partial charge in [0.25, 0.3) is 0 Å². The minimum Gasteiger partial charge on any atom is -0.265 e. The van der Waals surface area contributed by atoms with Crippen molar-refractivity contribution in [3.63, 3.8) is 0 Å². The van der Waals surface area contributed by atoms with Gasteiger partial charge < -0.3 is 0 Å². The van der Waals surface area contributed by atoms with Crippen LogP contribution in [0, 0.1) is 0 Å². The van der Waals surface area contributed by atoms with Crippen LogP contribution >= 0.6 is 15.9 Å². The van der Waals surface area contributed by atoms with Crippen LogP contribution in [0.1, 0.15) is 24.4 Å². The molecule has 0 amide bonds. The van der Waals surface area contributed by atoms with Gasteiger partial charge in [0, 0.05) is 6.20 Å². The molecule has 1 heterocycles. The van der Waals surface area contributed by atoms with E-state index in [4.69, 9.17) is 0 Å². The molecule has 0 radical (unpaired) electrons. The molecule has 0 aliphatic heterocycles. The van der Waals surface area contributed by atoms with Crippen LogP contribution < -0.4 is 0 Å². The lowest BCUT2D eigenvalue weighted by molar-refractivity contribution is 0.488. The number of hydrogen-bond donors (Lipinski definition) is 0. The van der Waals surface area contributed by atoms with E-state index >= 15 is 0 Å². The standard InChI is InChI=1S/C15H17BrN2/c1-2-15(18-12-14(16)11-17-18)10-6-9-13-7-4-3-5-8-13/h2-5,7-8,11-12,15H,1,6,9-10H2. The molecule has 1 aromatic carbocycles. The largest absolute Gasteiger partial charge is 0.265 e. The highest BCUT2D eigenvalue weighted by atomic mass is 79.9. The molecule has 2 rings (SSSR count). The summed E-state index contributed by atoms with van der Waals surface area (Å²) < 4.78 is 2.97. The van der Waals surface area contributed by atoms with Gasteiger partial charge in [-0.15, -0.1) is 6.58 Å². The molecule has 3 heteroatoms. The van der Waals surface area contributed by atoms with E-state index in [0.29, 0.717) is 0 Å². The Labute approximate surface area is 116 Å². The molecule has 2 nitrogen and oxygen atoms in total. The van der Waals surface area contributed by atoms with Gasteiger partial charge in [0.1, 0.15) is 0 Å². The van der Waals surface area contributed by atoms with E-state index < -0.39 is 0 Å². The summed E-state index contributed by atoms with van der Waals surface area (Å²) in [4.78, 5) is 0. The quantitative estimate of drug-likeness (QED) is 0.724. The van der Waals surface area contributed by atoms with Gasteiger partial charge in [-0.3, -0.25) is 4.68 Å². The fourth-order valence-corrected chi connectivity index (χ4v) is 2.32. The number of hydrogen-bond acceptors (Lipinski definition) is 1. The summed E-state index contributed by atoms with van der Waals surface area (Å²) in [7, 11) is 0. The summed E-state index contributed by atoms with van der Waals surface area (Å²) in [6, 6.07) is 10.9. The Morgan fingerprint density at radius 2 is 2.11 bits per heavy atom. The number of aromatic nitrogens is 2. The van der Waals surface area contributed by atoms with Crippen molar-refractivity contribution in [2.75, 3.05) is 0 Å². The average molecular weight is 305 g/mol. The second kappa shape index (κ2) is 6.55. The summed E-state index contributed by atoms with van der Waals surface area (Å²) >= 11 is 3.42. The third-order valence-corrected chi connectivity index (χ3v) is 3.40. The first-order chi connectivity index (χ1) is 8.79. The first kappa shape index (κ1) is 13.1. The second-order valence-electron chi connectivity index (χ2n) is 4.32. The van der Waals surface area contributed by atoms with Crippen LogP contribution in [0.15, 0.2) is 59.9 Å². The molecular weight excluding hydrogens is 288 g/mol. The summed E-state index contributed by atoms with van der Waals surface area (Å²) in [5.74, 6) is 0. The van der Waals surface area contributed by atoms with Crippen molar-refractivity contribution in [3.05, 3.63) is 65.4 Å². The summed E-state index contributed by atoms with van der Waals surface area (Å²) in [5, 5.41) is 4.31. The normalized spacial score (nSPS) is 12.3. The number of allylic oxidation sites excluding steroid dienone is 1. The Bertz CT molecular complexity index is 490. The molecule has 0 spiro atoms. The zero-order valence-electron chi connectivity index (χ0n) is 10.3. The minimum absolute atomic E-state index is 0.278. The van der Waals surface area contributed by atoms with Crippen molar-refractivity contribution in [2.24, 2.45) is 0 Å². The third kappa shape index (κ3) is 3.57. The predicted octanol–water partition coefficient (Wildman–Crippen LogP) is 4.40. The van der Waals surface area contributed by atoms with Crippen LogP contribution in [0.25, 0.3) is 0 Å². The van der Waals surface area contributed by atoms with E-state index in [1.807, 2.05) is 23.2 Å². The van der Waals surface area contributed by atoms with Gasteiger partial charge in [-0.1, -0.05) is 36.4 Å². The minimum atomic E-state index is 0.278. The van der Waals surface area contributed by atoms with Gasteiger partial charge in [-0.05, 0) is 40.8 Å².